The maximum atomic E-state index is 11.6. The normalized spacial score (nSPS) is 20.8. The van der Waals surface area contributed by atoms with Crippen LogP contribution in [0.3, 0.4) is 0 Å². The molecule has 1 saturated heterocycles. The lowest BCUT2D eigenvalue weighted by molar-refractivity contribution is 0.272. The minimum Gasteiger partial charge on any atom is -0.295 e. The second kappa shape index (κ2) is 6.37. The summed E-state index contributed by atoms with van der Waals surface area (Å²) < 4.78 is 24.3. The number of hydrogen-bond donors (Lipinski definition) is 0. The summed E-state index contributed by atoms with van der Waals surface area (Å²) in [5.41, 5.74) is 1.29. The van der Waals surface area contributed by atoms with Crippen LogP contribution >= 0.6 is 15.9 Å². The van der Waals surface area contributed by atoms with E-state index in [1.54, 1.807) is 6.92 Å². The smallest absolute Gasteiger partial charge is 0.151 e. The lowest BCUT2D eigenvalue weighted by Crippen LogP contribution is -2.29. The monoisotopic (exact) mass is 345 g/mol. The molecular formula is C14H20BrNO2S. The molecule has 0 N–H and O–H groups in total. The van der Waals surface area contributed by atoms with E-state index >= 15 is 0 Å². The maximum Gasteiger partial charge on any atom is 0.151 e. The van der Waals surface area contributed by atoms with Gasteiger partial charge in [-0.15, -0.1) is 0 Å². The van der Waals surface area contributed by atoms with E-state index in [0.717, 1.165) is 23.9 Å². The van der Waals surface area contributed by atoms with Gasteiger partial charge < -0.3 is 0 Å². The van der Waals surface area contributed by atoms with Gasteiger partial charge in [0.1, 0.15) is 0 Å². The highest BCUT2D eigenvalue weighted by atomic mass is 79.9. The second-order valence-corrected chi connectivity index (χ2v) is 8.37. The lowest BCUT2D eigenvalue weighted by atomic mass is 10.1. The SMILES string of the molecule is CCS(=O)(=O)CCN1CCC[C@H]1c1ccc(Br)cc1. The molecule has 2 rings (SSSR count). The predicted molar refractivity (Wildman–Crippen MR) is 82.0 cm³/mol. The molecule has 106 valence electrons. The van der Waals surface area contributed by atoms with Crippen LogP contribution in [0, 0.1) is 0 Å². The summed E-state index contributed by atoms with van der Waals surface area (Å²) in [6.07, 6.45) is 2.26. The van der Waals surface area contributed by atoms with Gasteiger partial charge in [-0.1, -0.05) is 35.0 Å². The molecule has 19 heavy (non-hydrogen) atoms. The zero-order valence-electron chi connectivity index (χ0n) is 11.2. The minimum absolute atomic E-state index is 0.240. The van der Waals surface area contributed by atoms with E-state index in [2.05, 4.69) is 45.1 Å². The first-order chi connectivity index (χ1) is 9.02. The summed E-state index contributed by atoms with van der Waals surface area (Å²) in [5, 5.41) is 0. The largest absolute Gasteiger partial charge is 0.295 e. The van der Waals surface area contributed by atoms with Gasteiger partial charge in [-0.3, -0.25) is 4.90 Å². The van der Waals surface area contributed by atoms with Crippen LogP contribution < -0.4 is 0 Å². The van der Waals surface area contributed by atoms with Crippen molar-refractivity contribution in [1.82, 2.24) is 4.90 Å². The van der Waals surface area contributed by atoms with Crippen LogP contribution in [0.25, 0.3) is 0 Å². The van der Waals surface area contributed by atoms with Gasteiger partial charge in [0.15, 0.2) is 9.84 Å². The Bertz CT molecular complexity index is 513. The Morgan fingerprint density at radius 1 is 1.32 bits per heavy atom. The molecule has 5 heteroatoms. The molecular weight excluding hydrogens is 326 g/mol. The van der Waals surface area contributed by atoms with Gasteiger partial charge in [-0.2, -0.15) is 0 Å². The van der Waals surface area contributed by atoms with Crippen molar-refractivity contribution < 1.29 is 8.42 Å². The summed E-state index contributed by atoms with van der Waals surface area (Å²) in [6.45, 7) is 3.36. The van der Waals surface area contributed by atoms with Crippen molar-refractivity contribution in [3.8, 4) is 0 Å². The van der Waals surface area contributed by atoms with Gasteiger partial charge >= 0.3 is 0 Å². The van der Waals surface area contributed by atoms with Crippen LogP contribution in [0.1, 0.15) is 31.4 Å². The number of benzene rings is 1. The first-order valence-corrected chi connectivity index (χ1v) is 9.33. The van der Waals surface area contributed by atoms with Gasteiger partial charge in [0.25, 0.3) is 0 Å². The van der Waals surface area contributed by atoms with Crippen molar-refractivity contribution in [2.24, 2.45) is 0 Å². The average Bonchev–Trinajstić information content (AvgIpc) is 2.86. The molecule has 0 spiro atoms. The third-order valence-electron chi connectivity index (χ3n) is 3.75. The molecule has 1 aliphatic heterocycles. The van der Waals surface area contributed by atoms with Crippen molar-refractivity contribution >= 4 is 25.8 Å². The van der Waals surface area contributed by atoms with Crippen molar-refractivity contribution in [1.29, 1.82) is 0 Å². The van der Waals surface area contributed by atoms with Crippen LogP contribution in [0.2, 0.25) is 0 Å². The van der Waals surface area contributed by atoms with Gasteiger partial charge in [-0.25, -0.2) is 8.42 Å². The summed E-state index contributed by atoms with van der Waals surface area (Å²) >= 11 is 3.44. The molecule has 1 aromatic rings. The highest BCUT2D eigenvalue weighted by Crippen LogP contribution is 2.32. The molecule has 0 radical (unpaired) electrons. The molecule has 0 amide bonds. The molecule has 1 aliphatic rings. The van der Waals surface area contributed by atoms with E-state index in [4.69, 9.17) is 0 Å². The average molecular weight is 346 g/mol. The number of rotatable bonds is 5. The highest BCUT2D eigenvalue weighted by Gasteiger charge is 2.26. The van der Waals surface area contributed by atoms with Crippen molar-refractivity contribution in [3.05, 3.63) is 34.3 Å². The molecule has 0 bridgehead atoms. The molecule has 0 saturated carbocycles. The molecule has 1 heterocycles. The Balaban J connectivity index is 2.03. The molecule has 0 unspecified atom stereocenters. The summed E-state index contributed by atoms with van der Waals surface area (Å²) in [5.74, 6) is 0.514. The summed E-state index contributed by atoms with van der Waals surface area (Å²) in [7, 11) is -2.87. The Morgan fingerprint density at radius 2 is 2.00 bits per heavy atom. The standard InChI is InChI=1S/C14H20BrNO2S/c1-2-19(17,18)11-10-16-9-3-4-14(16)12-5-7-13(15)8-6-12/h5-8,14H,2-4,9-11H2,1H3/t14-/m0/s1. The second-order valence-electron chi connectivity index (χ2n) is 4.98. The van der Waals surface area contributed by atoms with E-state index in [1.807, 2.05) is 0 Å². The van der Waals surface area contributed by atoms with E-state index in [1.165, 1.54) is 5.56 Å². The van der Waals surface area contributed by atoms with Crippen molar-refractivity contribution in [3.63, 3.8) is 0 Å². The van der Waals surface area contributed by atoms with Crippen LogP contribution in [-0.4, -0.2) is 37.9 Å². The van der Waals surface area contributed by atoms with Crippen LogP contribution in [-0.2, 0) is 9.84 Å². The zero-order valence-corrected chi connectivity index (χ0v) is 13.6. The summed E-state index contributed by atoms with van der Waals surface area (Å²) in [6, 6.07) is 8.73. The topological polar surface area (TPSA) is 37.4 Å². The quantitative estimate of drug-likeness (QED) is 0.823. The Hall–Kier alpha value is -0.390. The fourth-order valence-corrected chi connectivity index (χ4v) is 3.62. The van der Waals surface area contributed by atoms with E-state index in [0.29, 0.717) is 12.6 Å². The molecule has 0 aliphatic carbocycles. The van der Waals surface area contributed by atoms with Gasteiger partial charge in [0.2, 0.25) is 0 Å². The number of sulfone groups is 1. The number of likely N-dealkylation sites (tertiary alicyclic amines) is 1. The molecule has 0 aromatic heterocycles. The van der Waals surface area contributed by atoms with Gasteiger partial charge in [0, 0.05) is 22.8 Å². The Morgan fingerprint density at radius 3 is 2.63 bits per heavy atom. The van der Waals surface area contributed by atoms with Crippen molar-refractivity contribution in [2.75, 3.05) is 24.6 Å². The zero-order chi connectivity index (χ0) is 13.9. The van der Waals surface area contributed by atoms with Crippen molar-refractivity contribution in [2.45, 2.75) is 25.8 Å². The maximum absolute atomic E-state index is 11.6. The van der Waals surface area contributed by atoms with Gasteiger partial charge in [0.05, 0.1) is 5.75 Å². The fraction of sp³-hybridized carbons (Fsp3) is 0.571. The minimum atomic E-state index is -2.87. The van der Waals surface area contributed by atoms with E-state index in [9.17, 15) is 8.42 Å². The number of nitrogens with zero attached hydrogens (tertiary/aromatic N) is 1. The van der Waals surface area contributed by atoms with Crippen LogP contribution in [0.4, 0.5) is 0 Å². The number of hydrogen-bond acceptors (Lipinski definition) is 3. The Kier molecular flexibility index (Phi) is 5.03. The molecule has 1 aromatic carbocycles. The summed E-state index contributed by atoms with van der Waals surface area (Å²) in [4.78, 5) is 2.30. The molecule has 3 nitrogen and oxygen atoms in total. The fourth-order valence-electron chi connectivity index (χ4n) is 2.56. The number of halogens is 1. The predicted octanol–water partition coefficient (Wildman–Crippen LogP) is 3.02. The van der Waals surface area contributed by atoms with Gasteiger partial charge in [-0.05, 0) is 37.1 Å². The Labute approximate surface area is 124 Å². The lowest BCUT2D eigenvalue weighted by Gasteiger charge is -2.24. The van der Waals surface area contributed by atoms with E-state index in [-0.39, 0.29) is 11.5 Å². The molecule has 1 atom stereocenters. The molecule has 1 fully saturated rings. The third-order valence-corrected chi connectivity index (χ3v) is 5.96. The van der Waals surface area contributed by atoms with Crippen LogP contribution in [0.15, 0.2) is 28.7 Å². The first-order valence-electron chi connectivity index (χ1n) is 6.72. The first kappa shape index (κ1) is 15.0. The third kappa shape index (κ3) is 4.04. The van der Waals surface area contributed by atoms with Crippen LogP contribution in [0.5, 0.6) is 0 Å². The van der Waals surface area contributed by atoms with E-state index < -0.39 is 9.84 Å². The highest BCUT2D eigenvalue weighted by molar-refractivity contribution is 9.10.